The fourth-order valence-corrected chi connectivity index (χ4v) is 4.74. The smallest absolute Gasteiger partial charge is 0.253 e. The number of hydrogen-bond acceptors (Lipinski definition) is 4. The topological polar surface area (TPSA) is 89.5 Å². The molecule has 1 aromatic carbocycles. The molecule has 2 amide bonds. The molecule has 1 aliphatic heterocycles. The number of benzene rings is 1. The van der Waals surface area contributed by atoms with Gasteiger partial charge in [0.25, 0.3) is 5.91 Å². The van der Waals surface area contributed by atoms with Crippen LogP contribution in [0.1, 0.15) is 36.0 Å². The number of nitrogens with zero attached hydrogens (tertiary/aromatic N) is 1. The minimum atomic E-state index is -1.17. The van der Waals surface area contributed by atoms with Gasteiger partial charge >= 0.3 is 0 Å². The summed E-state index contributed by atoms with van der Waals surface area (Å²) in [5.41, 5.74) is 1.06. The summed E-state index contributed by atoms with van der Waals surface area (Å²) in [6.45, 7) is 1.53. The molecule has 1 heterocycles. The summed E-state index contributed by atoms with van der Waals surface area (Å²) < 4.78 is 0. The van der Waals surface area contributed by atoms with Crippen molar-refractivity contribution in [2.75, 3.05) is 18.4 Å². The van der Waals surface area contributed by atoms with Gasteiger partial charge in [-0.3, -0.25) is 9.59 Å². The standard InChI is InChI=1S/C21H24N2O4/c24-19(17-13-7-8-14(11-13)18(17)21(26)27)22-16-6-4-5-15(12-16)20(25)23-9-2-1-3-10-23/h4-8,12-14,17-18H,1-3,9-11H2,(H,22,24)(H,26,27)/p-1/t13-,14-,17+,18-/m0/s1. The first-order valence-electron chi connectivity index (χ1n) is 9.64. The fraction of sp³-hybridized carbons (Fsp3) is 0.476. The lowest BCUT2D eigenvalue weighted by atomic mass is 9.82. The molecule has 2 fully saturated rings. The lowest BCUT2D eigenvalue weighted by Gasteiger charge is -2.28. The molecule has 2 bridgehead atoms. The van der Waals surface area contributed by atoms with Crippen molar-refractivity contribution in [1.29, 1.82) is 0 Å². The first-order valence-corrected chi connectivity index (χ1v) is 9.64. The molecule has 3 aliphatic rings. The minimum absolute atomic E-state index is 0.0266. The van der Waals surface area contributed by atoms with E-state index in [2.05, 4.69) is 5.32 Å². The Kier molecular flexibility index (Phi) is 4.72. The normalized spacial score (nSPS) is 29.0. The highest BCUT2D eigenvalue weighted by Crippen LogP contribution is 2.48. The van der Waals surface area contributed by atoms with Crippen LogP contribution >= 0.6 is 0 Å². The van der Waals surface area contributed by atoms with Crippen LogP contribution in [0.25, 0.3) is 0 Å². The molecule has 0 radical (unpaired) electrons. The van der Waals surface area contributed by atoms with Gasteiger partial charge in [-0.25, -0.2) is 0 Å². The van der Waals surface area contributed by atoms with E-state index in [1.54, 1.807) is 24.3 Å². The number of nitrogens with one attached hydrogen (secondary N) is 1. The highest BCUT2D eigenvalue weighted by molar-refractivity contribution is 5.99. The number of rotatable bonds is 4. The number of carboxylic acids is 1. The Hall–Kier alpha value is -2.63. The summed E-state index contributed by atoms with van der Waals surface area (Å²) in [5, 5.41) is 14.3. The molecule has 1 N–H and O–H groups in total. The van der Waals surface area contributed by atoms with Gasteiger partial charge in [0.15, 0.2) is 0 Å². The summed E-state index contributed by atoms with van der Waals surface area (Å²) in [5.74, 6) is -3.09. The monoisotopic (exact) mass is 367 g/mol. The molecular weight excluding hydrogens is 344 g/mol. The molecule has 1 saturated carbocycles. The number of amides is 2. The first kappa shape index (κ1) is 17.8. The van der Waals surface area contributed by atoms with Gasteiger partial charge < -0.3 is 20.1 Å². The molecule has 27 heavy (non-hydrogen) atoms. The number of allylic oxidation sites excluding steroid dienone is 2. The van der Waals surface area contributed by atoms with Crippen LogP contribution < -0.4 is 10.4 Å². The van der Waals surface area contributed by atoms with E-state index in [4.69, 9.17) is 0 Å². The van der Waals surface area contributed by atoms with Crippen molar-refractivity contribution in [3.63, 3.8) is 0 Å². The van der Waals surface area contributed by atoms with Crippen molar-refractivity contribution in [2.45, 2.75) is 25.7 Å². The third-order valence-corrected chi connectivity index (χ3v) is 6.05. The predicted molar refractivity (Wildman–Crippen MR) is 97.6 cm³/mol. The first-order chi connectivity index (χ1) is 13.0. The van der Waals surface area contributed by atoms with E-state index < -0.39 is 17.8 Å². The number of anilines is 1. The van der Waals surface area contributed by atoms with Gasteiger partial charge in [-0.15, -0.1) is 0 Å². The van der Waals surface area contributed by atoms with Gasteiger partial charge in [-0.05, 0) is 55.7 Å². The molecule has 0 unspecified atom stereocenters. The largest absolute Gasteiger partial charge is 0.550 e. The van der Waals surface area contributed by atoms with E-state index in [0.717, 1.165) is 32.4 Å². The number of carbonyl (C=O) groups excluding carboxylic acids is 3. The molecule has 1 aromatic rings. The second-order valence-electron chi connectivity index (χ2n) is 7.74. The van der Waals surface area contributed by atoms with Crippen LogP contribution in [-0.2, 0) is 9.59 Å². The summed E-state index contributed by atoms with van der Waals surface area (Å²) >= 11 is 0. The SMILES string of the molecule is O=C([O-])[C@@H]1[C@H](C(=O)Nc2cccc(C(=O)N3CCCCC3)c2)[C@H]2C=C[C@H]1C2. The molecular formula is C21H23N2O4-. The third kappa shape index (κ3) is 3.36. The summed E-state index contributed by atoms with van der Waals surface area (Å²) in [4.78, 5) is 38.8. The quantitative estimate of drug-likeness (QED) is 0.816. The average Bonchev–Trinajstić information content (AvgIpc) is 3.30. The number of carbonyl (C=O) groups is 3. The molecule has 142 valence electrons. The van der Waals surface area contributed by atoms with Crippen LogP contribution in [0.5, 0.6) is 0 Å². The number of fused-ring (bicyclic) bond motifs is 2. The van der Waals surface area contributed by atoms with E-state index in [9.17, 15) is 19.5 Å². The van der Waals surface area contributed by atoms with Gasteiger partial charge in [0.2, 0.25) is 5.91 Å². The summed E-state index contributed by atoms with van der Waals surface area (Å²) in [7, 11) is 0. The van der Waals surface area contributed by atoms with Crippen LogP contribution in [-0.4, -0.2) is 35.8 Å². The zero-order chi connectivity index (χ0) is 19.0. The van der Waals surface area contributed by atoms with Crippen LogP contribution in [0.15, 0.2) is 36.4 Å². The Morgan fingerprint density at radius 3 is 2.41 bits per heavy atom. The van der Waals surface area contributed by atoms with E-state index in [-0.39, 0.29) is 23.7 Å². The number of aliphatic carboxylic acids is 1. The van der Waals surface area contributed by atoms with Crippen LogP contribution in [0.3, 0.4) is 0 Å². The molecule has 1 saturated heterocycles. The highest BCUT2D eigenvalue weighted by Gasteiger charge is 2.48. The van der Waals surface area contributed by atoms with Crippen LogP contribution in [0.2, 0.25) is 0 Å². The Morgan fingerprint density at radius 2 is 1.70 bits per heavy atom. The second kappa shape index (κ2) is 7.18. The summed E-state index contributed by atoms with van der Waals surface area (Å²) in [6.07, 6.45) is 7.69. The van der Waals surface area contributed by atoms with E-state index >= 15 is 0 Å². The van der Waals surface area contributed by atoms with Crippen LogP contribution in [0, 0.1) is 23.7 Å². The number of carboxylic acid groups (broad SMARTS) is 1. The molecule has 0 spiro atoms. The maximum Gasteiger partial charge on any atom is 0.253 e. The third-order valence-electron chi connectivity index (χ3n) is 6.05. The molecule has 4 rings (SSSR count). The van der Waals surface area contributed by atoms with Crippen molar-refractivity contribution in [1.82, 2.24) is 4.90 Å². The molecule has 6 heteroatoms. The van der Waals surface area contributed by atoms with Crippen molar-refractivity contribution < 1.29 is 19.5 Å². The Morgan fingerprint density at radius 1 is 1.00 bits per heavy atom. The Balaban J connectivity index is 1.48. The van der Waals surface area contributed by atoms with Crippen molar-refractivity contribution in [2.24, 2.45) is 23.7 Å². The number of hydrogen-bond donors (Lipinski definition) is 1. The van der Waals surface area contributed by atoms with Gasteiger partial charge in [-0.2, -0.15) is 0 Å². The number of likely N-dealkylation sites (tertiary alicyclic amines) is 1. The second-order valence-corrected chi connectivity index (χ2v) is 7.74. The van der Waals surface area contributed by atoms with Gasteiger partial charge in [-0.1, -0.05) is 18.2 Å². The zero-order valence-corrected chi connectivity index (χ0v) is 15.1. The molecule has 4 atom stereocenters. The van der Waals surface area contributed by atoms with E-state index in [1.807, 2.05) is 17.1 Å². The average molecular weight is 367 g/mol. The number of piperidine rings is 1. The van der Waals surface area contributed by atoms with Crippen molar-refractivity contribution in [3.05, 3.63) is 42.0 Å². The van der Waals surface area contributed by atoms with Crippen molar-refractivity contribution in [3.8, 4) is 0 Å². The highest BCUT2D eigenvalue weighted by atomic mass is 16.4. The van der Waals surface area contributed by atoms with Gasteiger partial charge in [0.05, 0.1) is 5.92 Å². The minimum Gasteiger partial charge on any atom is -0.550 e. The zero-order valence-electron chi connectivity index (χ0n) is 15.1. The maximum atomic E-state index is 12.8. The van der Waals surface area contributed by atoms with Gasteiger partial charge in [0.1, 0.15) is 0 Å². The van der Waals surface area contributed by atoms with E-state index in [1.165, 1.54) is 0 Å². The Labute approximate surface area is 158 Å². The lowest BCUT2D eigenvalue weighted by molar-refractivity contribution is -0.313. The molecule has 6 nitrogen and oxygen atoms in total. The molecule has 0 aromatic heterocycles. The Bertz CT molecular complexity index is 797. The van der Waals surface area contributed by atoms with Crippen molar-refractivity contribution >= 4 is 23.5 Å². The van der Waals surface area contributed by atoms with E-state index in [0.29, 0.717) is 17.7 Å². The maximum absolute atomic E-state index is 12.8. The lowest BCUT2D eigenvalue weighted by Crippen LogP contribution is -2.42. The summed E-state index contributed by atoms with van der Waals surface area (Å²) in [6, 6.07) is 6.88. The van der Waals surface area contributed by atoms with Crippen LogP contribution in [0.4, 0.5) is 5.69 Å². The van der Waals surface area contributed by atoms with Gasteiger partial charge in [0, 0.05) is 36.2 Å². The molecule has 2 aliphatic carbocycles. The fourth-order valence-electron chi connectivity index (χ4n) is 4.74. The predicted octanol–water partition coefficient (Wildman–Crippen LogP) is 1.44.